The lowest BCUT2D eigenvalue weighted by Gasteiger charge is -2.32. The van der Waals surface area contributed by atoms with Crippen LogP contribution in [0.4, 0.5) is 0 Å². The highest BCUT2D eigenvalue weighted by Gasteiger charge is 2.26. The predicted octanol–water partition coefficient (Wildman–Crippen LogP) is 5.56. The Bertz CT molecular complexity index is 618. The van der Waals surface area contributed by atoms with Crippen LogP contribution in [-0.4, -0.2) is 18.2 Å². The normalized spacial score (nSPS) is 19.1. The zero-order valence-corrected chi connectivity index (χ0v) is 17.2. The van der Waals surface area contributed by atoms with Crippen molar-refractivity contribution in [1.29, 1.82) is 0 Å². The van der Waals surface area contributed by atoms with E-state index in [1.807, 2.05) is 19.1 Å². The molecule has 0 aromatic heterocycles. The van der Waals surface area contributed by atoms with Crippen LogP contribution in [0.3, 0.4) is 0 Å². The van der Waals surface area contributed by atoms with Gasteiger partial charge in [0.15, 0.2) is 0 Å². The average Bonchev–Trinajstić information content (AvgIpc) is 2.51. The van der Waals surface area contributed by atoms with E-state index in [2.05, 4.69) is 63.9 Å². The van der Waals surface area contributed by atoms with E-state index in [-0.39, 0.29) is 11.3 Å². The van der Waals surface area contributed by atoms with Crippen molar-refractivity contribution in [3.63, 3.8) is 0 Å². The van der Waals surface area contributed by atoms with E-state index in [4.69, 9.17) is 0 Å². The number of allylic oxidation sites excluding steroid dienone is 9. The number of carbonyl (C=O) groups excluding carboxylic acids is 1. The highest BCUT2D eigenvalue weighted by molar-refractivity contribution is 7.80. The minimum atomic E-state index is -0.0706. The summed E-state index contributed by atoms with van der Waals surface area (Å²) in [5, 5.41) is 2.77. The fraction of sp³-hybridized carbons (Fsp3) is 0.500. The highest BCUT2D eigenvalue weighted by atomic mass is 32.1. The van der Waals surface area contributed by atoms with Gasteiger partial charge in [0.1, 0.15) is 0 Å². The van der Waals surface area contributed by atoms with Crippen molar-refractivity contribution < 1.29 is 4.79 Å². The van der Waals surface area contributed by atoms with Crippen molar-refractivity contribution in [2.24, 2.45) is 5.41 Å². The van der Waals surface area contributed by atoms with Crippen molar-refractivity contribution in [1.82, 2.24) is 5.32 Å². The number of thiol groups is 1. The Balaban J connectivity index is 2.69. The highest BCUT2D eigenvalue weighted by Crippen LogP contribution is 2.40. The number of nitrogens with one attached hydrogen (secondary N) is 1. The van der Waals surface area contributed by atoms with Gasteiger partial charge in [-0.05, 0) is 56.6 Å². The molecule has 1 aliphatic rings. The van der Waals surface area contributed by atoms with E-state index in [0.717, 1.165) is 5.57 Å². The minimum Gasteiger partial charge on any atom is -0.352 e. The second-order valence-corrected chi connectivity index (χ2v) is 7.88. The molecule has 1 aliphatic carbocycles. The lowest BCUT2D eigenvalue weighted by molar-refractivity contribution is -0.116. The molecule has 0 fully saturated rings. The molecular weight excluding hydrogens is 326 g/mol. The van der Waals surface area contributed by atoms with Gasteiger partial charge in [0, 0.05) is 18.4 Å². The molecule has 0 saturated carbocycles. The molecule has 0 aliphatic heterocycles. The summed E-state index contributed by atoms with van der Waals surface area (Å²) in [6.45, 7) is 11.5. The SMILES string of the molecule is CC(C=CC1=C(C)CCCC1(C)C)=CC=CC(C)=CC(=O)NCCS. The Kier molecular flexibility index (Phi) is 9.05. The van der Waals surface area contributed by atoms with E-state index in [1.165, 1.54) is 36.0 Å². The van der Waals surface area contributed by atoms with Crippen molar-refractivity contribution in [2.75, 3.05) is 12.3 Å². The van der Waals surface area contributed by atoms with Gasteiger partial charge in [-0.1, -0.05) is 55.4 Å². The lowest BCUT2D eigenvalue weighted by Crippen LogP contribution is -2.23. The summed E-state index contributed by atoms with van der Waals surface area (Å²) in [6, 6.07) is 0. The number of carbonyl (C=O) groups is 1. The third-order valence-electron chi connectivity index (χ3n) is 4.54. The van der Waals surface area contributed by atoms with Crippen LogP contribution in [-0.2, 0) is 4.79 Å². The van der Waals surface area contributed by atoms with Crippen LogP contribution in [0.1, 0.15) is 53.9 Å². The lowest BCUT2D eigenvalue weighted by atomic mass is 9.72. The first kappa shape index (κ1) is 21.6. The molecule has 0 atom stereocenters. The summed E-state index contributed by atoms with van der Waals surface area (Å²) < 4.78 is 0. The Morgan fingerprint density at radius 2 is 1.96 bits per heavy atom. The largest absolute Gasteiger partial charge is 0.352 e. The second kappa shape index (κ2) is 10.5. The van der Waals surface area contributed by atoms with Crippen LogP contribution in [0.5, 0.6) is 0 Å². The standard InChI is InChI=1S/C22H33NOS/c1-17(8-6-9-18(2)16-21(24)23-14-15-25)11-12-20-19(3)10-7-13-22(20,4)5/h6,8-9,11-12,16,25H,7,10,13-15H2,1-5H3,(H,23,24). The molecule has 0 heterocycles. The molecule has 25 heavy (non-hydrogen) atoms. The molecule has 0 radical (unpaired) electrons. The van der Waals surface area contributed by atoms with Crippen LogP contribution in [0.25, 0.3) is 0 Å². The molecule has 0 unspecified atom stereocenters. The summed E-state index contributed by atoms with van der Waals surface area (Å²) in [6.07, 6.45) is 15.9. The van der Waals surface area contributed by atoms with Gasteiger partial charge in [0.05, 0.1) is 0 Å². The Labute approximate surface area is 159 Å². The number of hydrogen-bond acceptors (Lipinski definition) is 2. The van der Waals surface area contributed by atoms with Crippen LogP contribution >= 0.6 is 12.6 Å². The fourth-order valence-electron chi connectivity index (χ4n) is 3.12. The van der Waals surface area contributed by atoms with Crippen molar-refractivity contribution in [2.45, 2.75) is 53.9 Å². The number of hydrogen-bond donors (Lipinski definition) is 2. The summed E-state index contributed by atoms with van der Waals surface area (Å²) in [5.74, 6) is 0.578. The van der Waals surface area contributed by atoms with Gasteiger partial charge >= 0.3 is 0 Å². The van der Waals surface area contributed by atoms with Crippen LogP contribution in [0.2, 0.25) is 0 Å². The van der Waals surface area contributed by atoms with Gasteiger partial charge in [-0.3, -0.25) is 4.79 Å². The first-order valence-corrected chi connectivity index (χ1v) is 9.70. The van der Waals surface area contributed by atoms with E-state index >= 15 is 0 Å². The number of rotatable bonds is 7. The third-order valence-corrected chi connectivity index (χ3v) is 4.77. The molecule has 1 N–H and O–H groups in total. The zero-order chi connectivity index (χ0) is 18.9. The summed E-state index contributed by atoms with van der Waals surface area (Å²) in [4.78, 5) is 11.6. The molecule has 3 heteroatoms. The van der Waals surface area contributed by atoms with Crippen LogP contribution in [0, 0.1) is 5.41 Å². The maximum atomic E-state index is 11.6. The van der Waals surface area contributed by atoms with E-state index < -0.39 is 0 Å². The molecule has 1 rings (SSSR count). The fourth-order valence-corrected chi connectivity index (χ4v) is 3.23. The summed E-state index contributed by atoms with van der Waals surface area (Å²) in [5.41, 5.74) is 5.39. The molecule has 2 nitrogen and oxygen atoms in total. The molecule has 0 spiro atoms. The zero-order valence-electron chi connectivity index (χ0n) is 16.4. The van der Waals surface area contributed by atoms with Crippen molar-refractivity contribution in [3.8, 4) is 0 Å². The van der Waals surface area contributed by atoms with E-state index in [9.17, 15) is 4.79 Å². The predicted molar refractivity (Wildman–Crippen MR) is 113 cm³/mol. The third kappa shape index (κ3) is 7.96. The van der Waals surface area contributed by atoms with E-state index in [0.29, 0.717) is 12.3 Å². The quantitative estimate of drug-likeness (QED) is 0.347. The number of amides is 1. The van der Waals surface area contributed by atoms with Crippen molar-refractivity contribution >= 4 is 18.5 Å². The topological polar surface area (TPSA) is 29.1 Å². The summed E-state index contributed by atoms with van der Waals surface area (Å²) in [7, 11) is 0. The first-order valence-electron chi connectivity index (χ1n) is 9.06. The summed E-state index contributed by atoms with van der Waals surface area (Å²) >= 11 is 4.07. The van der Waals surface area contributed by atoms with Gasteiger partial charge in [-0.15, -0.1) is 0 Å². The molecule has 0 aromatic rings. The molecule has 0 saturated heterocycles. The average molecular weight is 360 g/mol. The van der Waals surface area contributed by atoms with Crippen molar-refractivity contribution in [3.05, 3.63) is 58.7 Å². The molecule has 0 bridgehead atoms. The smallest absolute Gasteiger partial charge is 0.244 e. The van der Waals surface area contributed by atoms with E-state index in [1.54, 1.807) is 6.08 Å². The molecule has 138 valence electrons. The Hall–Kier alpha value is -1.48. The van der Waals surface area contributed by atoms with Gasteiger partial charge in [-0.25, -0.2) is 0 Å². The maximum absolute atomic E-state index is 11.6. The van der Waals surface area contributed by atoms with Gasteiger partial charge < -0.3 is 5.32 Å². The van der Waals surface area contributed by atoms with Gasteiger partial charge in [0.25, 0.3) is 0 Å². The van der Waals surface area contributed by atoms with Crippen LogP contribution in [0.15, 0.2) is 58.7 Å². The molecule has 1 amide bonds. The first-order chi connectivity index (χ1) is 11.8. The molecular formula is C22H33NOS. The van der Waals surface area contributed by atoms with Crippen LogP contribution < -0.4 is 5.32 Å². The Morgan fingerprint density at radius 3 is 2.60 bits per heavy atom. The monoisotopic (exact) mass is 359 g/mol. The maximum Gasteiger partial charge on any atom is 0.244 e. The van der Waals surface area contributed by atoms with Gasteiger partial charge in [0.2, 0.25) is 5.91 Å². The minimum absolute atomic E-state index is 0.0706. The van der Waals surface area contributed by atoms with Gasteiger partial charge in [-0.2, -0.15) is 12.6 Å². The second-order valence-electron chi connectivity index (χ2n) is 7.44. The Morgan fingerprint density at radius 1 is 1.24 bits per heavy atom. The molecule has 0 aromatic carbocycles.